The molecule has 0 aliphatic carbocycles. The fourth-order valence-corrected chi connectivity index (χ4v) is 3.02. The molecule has 170 valence electrons. The van der Waals surface area contributed by atoms with Crippen LogP contribution in [0, 0.1) is 10.1 Å². The molecule has 0 heterocycles. The molecule has 0 saturated carbocycles. The molecule has 2 N–H and O–H groups in total. The number of benzene rings is 3. The summed E-state index contributed by atoms with van der Waals surface area (Å²) >= 11 is 0. The molecule has 0 aromatic heterocycles. The standard InChI is InChI=1S/C24H23N3O6/c1-16(23(28)26-21-10-6-7-11-22(21)32-2)33-24(29)19-14-18(27(30)31)12-13-20(19)25-15-17-8-4-3-5-9-17/h3-14,16,25H,15H2,1-2H3,(H,26,28)/t16-/m0/s1. The van der Waals surface area contributed by atoms with E-state index in [-0.39, 0.29) is 11.3 Å². The van der Waals surface area contributed by atoms with E-state index in [1.54, 1.807) is 24.3 Å². The molecule has 0 fully saturated rings. The zero-order valence-corrected chi connectivity index (χ0v) is 18.1. The highest BCUT2D eigenvalue weighted by atomic mass is 16.6. The smallest absolute Gasteiger partial charge is 0.341 e. The Bertz CT molecular complexity index is 1150. The van der Waals surface area contributed by atoms with Crippen LogP contribution in [-0.4, -0.2) is 30.0 Å². The highest BCUT2D eigenvalue weighted by Gasteiger charge is 2.24. The number of ether oxygens (including phenoxy) is 2. The van der Waals surface area contributed by atoms with Crippen LogP contribution >= 0.6 is 0 Å². The zero-order chi connectivity index (χ0) is 23.8. The maximum Gasteiger partial charge on any atom is 0.341 e. The Hall–Kier alpha value is -4.40. The lowest BCUT2D eigenvalue weighted by atomic mass is 10.1. The number of nitrogens with zero attached hydrogens (tertiary/aromatic N) is 1. The number of nitrogens with one attached hydrogen (secondary N) is 2. The van der Waals surface area contributed by atoms with E-state index >= 15 is 0 Å². The van der Waals surface area contributed by atoms with Gasteiger partial charge in [0.05, 0.1) is 23.3 Å². The Kier molecular flexibility index (Phi) is 7.59. The lowest BCUT2D eigenvalue weighted by molar-refractivity contribution is -0.384. The lowest BCUT2D eigenvalue weighted by Crippen LogP contribution is -2.30. The summed E-state index contributed by atoms with van der Waals surface area (Å²) in [5, 5.41) is 17.0. The second kappa shape index (κ2) is 10.8. The number of anilines is 2. The van der Waals surface area contributed by atoms with Crippen molar-refractivity contribution in [1.82, 2.24) is 0 Å². The van der Waals surface area contributed by atoms with Gasteiger partial charge in [-0.1, -0.05) is 42.5 Å². The third-order valence-electron chi connectivity index (χ3n) is 4.78. The molecule has 0 bridgehead atoms. The first-order chi connectivity index (χ1) is 15.9. The van der Waals surface area contributed by atoms with Crippen molar-refractivity contribution >= 4 is 28.9 Å². The number of hydrogen-bond donors (Lipinski definition) is 2. The van der Waals surface area contributed by atoms with E-state index < -0.39 is 22.9 Å². The summed E-state index contributed by atoms with van der Waals surface area (Å²) in [7, 11) is 1.47. The van der Waals surface area contributed by atoms with E-state index in [2.05, 4.69) is 10.6 Å². The van der Waals surface area contributed by atoms with Gasteiger partial charge in [-0.25, -0.2) is 4.79 Å². The largest absolute Gasteiger partial charge is 0.495 e. The number of rotatable bonds is 9. The molecule has 0 radical (unpaired) electrons. The van der Waals surface area contributed by atoms with E-state index in [9.17, 15) is 19.7 Å². The summed E-state index contributed by atoms with van der Waals surface area (Å²) in [6, 6.07) is 20.1. The number of esters is 1. The maximum atomic E-state index is 12.9. The predicted molar refractivity (Wildman–Crippen MR) is 123 cm³/mol. The fraction of sp³-hybridized carbons (Fsp3) is 0.167. The van der Waals surface area contributed by atoms with Crippen LogP contribution in [0.3, 0.4) is 0 Å². The number of nitro benzene ring substituents is 1. The predicted octanol–water partition coefficient (Wildman–Crippen LogP) is 4.40. The molecule has 0 saturated heterocycles. The van der Waals surface area contributed by atoms with Gasteiger partial charge in [0.15, 0.2) is 6.10 Å². The molecular formula is C24H23N3O6. The Morgan fingerprint density at radius 1 is 1.00 bits per heavy atom. The van der Waals surface area contributed by atoms with Gasteiger partial charge in [0.1, 0.15) is 5.75 Å². The Morgan fingerprint density at radius 3 is 2.39 bits per heavy atom. The number of carbonyl (C=O) groups excluding carboxylic acids is 2. The van der Waals surface area contributed by atoms with E-state index in [1.807, 2.05) is 30.3 Å². The first kappa shape index (κ1) is 23.3. The molecule has 33 heavy (non-hydrogen) atoms. The number of para-hydroxylation sites is 2. The molecule has 0 aliphatic heterocycles. The normalized spacial score (nSPS) is 11.2. The van der Waals surface area contributed by atoms with E-state index in [0.717, 1.165) is 11.6 Å². The Morgan fingerprint density at radius 2 is 1.70 bits per heavy atom. The van der Waals surface area contributed by atoms with Crippen LogP contribution in [0.1, 0.15) is 22.8 Å². The first-order valence-electron chi connectivity index (χ1n) is 10.1. The quantitative estimate of drug-likeness (QED) is 0.282. The van der Waals surface area contributed by atoms with Gasteiger partial charge in [-0.05, 0) is 30.7 Å². The summed E-state index contributed by atoms with van der Waals surface area (Å²) in [6.45, 7) is 1.81. The fourth-order valence-electron chi connectivity index (χ4n) is 3.02. The van der Waals surface area contributed by atoms with Crippen molar-refractivity contribution in [3.63, 3.8) is 0 Å². The topological polar surface area (TPSA) is 120 Å². The van der Waals surface area contributed by atoms with Gasteiger partial charge < -0.3 is 20.1 Å². The molecule has 1 amide bonds. The summed E-state index contributed by atoms with van der Waals surface area (Å²) in [5.41, 5.74) is 1.43. The van der Waals surface area contributed by atoms with Crippen LogP contribution in [0.4, 0.5) is 17.1 Å². The van der Waals surface area contributed by atoms with Gasteiger partial charge in [-0.15, -0.1) is 0 Å². The molecule has 3 rings (SSSR count). The van der Waals surface area contributed by atoms with Crippen molar-refractivity contribution in [1.29, 1.82) is 0 Å². The minimum absolute atomic E-state index is 0.0444. The molecule has 1 atom stereocenters. The van der Waals surface area contributed by atoms with E-state index in [1.165, 1.54) is 26.2 Å². The Balaban J connectivity index is 1.75. The number of nitro groups is 1. The summed E-state index contributed by atoms with van der Waals surface area (Å²) in [4.78, 5) is 36.0. The molecule has 3 aromatic rings. The van der Waals surface area contributed by atoms with Crippen molar-refractivity contribution in [2.45, 2.75) is 19.6 Å². The minimum Gasteiger partial charge on any atom is -0.495 e. The molecule has 3 aromatic carbocycles. The van der Waals surface area contributed by atoms with Gasteiger partial charge in [0.25, 0.3) is 11.6 Å². The minimum atomic E-state index is -1.16. The van der Waals surface area contributed by atoms with E-state index in [4.69, 9.17) is 9.47 Å². The van der Waals surface area contributed by atoms with Gasteiger partial charge >= 0.3 is 5.97 Å². The van der Waals surface area contributed by atoms with Gasteiger partial charge in [0, 0.05) is 24.4 Å². The third kappa shape index (κ3) is 6.07. The second-order valence-electron chi connectivity index (χ2n) is 7.06. The van der Waals surface area contributed by atoms with Gasteiger partial charge in [-0.3, -0.25) is 14.9 Å². The highest BCUT2D eigenvalue weighted by molar-refractivity contribution is 6.00. The summed E-state index contributed by atoms with van der Waals surface area (Å²) < 4.78 is 10.5. The average molecular weight is 449 g/mol. The highest BCUT2D eigenvalue weighted by Crippen LogP contribution is 2.25. The SMILES string of the molecule is COc1ccccc1NC(=O)[C@H](C)OC(=O)c1cc([N+](=O)[O-])ccc1NCc1ccccc1. The van der Waals surface area contributed by atoms with Crippen LogP contribution in [0.15, 0.2) is 72.8 Å². The second-order valence-corrected chi connectivity index (χ2v) is 7.06. The average Bonchev–Trinajstić information content (AvgIpc) is 2.83. The summed E-state index contributed by atoms with van der Waals surface area (Å²) in [6.07, 6.45) is -1.16. The summed E-state index contributed by atoms with van der Waals surface area (Å²) in [5.74, 6) is -0.982. The van der Waals surface area contributed by atoms with Crippen LogP contribution in [0.2, 0.25) is 0 Å². The van der Waals surface area contributed by atoms with Crippen molar-refractivity contribution in [3.8, 4) is 5.75 Å². The number of non-ortho nitro benzene ring substituents is 1. The molecular weight excluding hydrogens is 426 g/mol. The van der Waals surface area contributed by atoms with Crippen LogP contribution in [0.5, 0.6) is 5.75 Å². The van der Waals surface area contributed by atoms with E-state index in [0.29, 0.717) is 23.7 Å². The lowest BCUT2D eigenvalue weighted by Gasteiger charge is -2.17. The van der Waals surface area contributed by atoms with Gasteiger partial charge in [0.2, 0.25) is 0 Å². The van der Waals surface area contributed by atoms with Crippen LogP contribution in [0.25, 0.3) is 0 Å². The van der Waals surface area contributed by atoms with Crippen molar-refractivity contribution in [2.24, 2.45) is 0 Å². The van der Waals surface area contributed by atoms with Gasteiger partial charge in [-0.2, -0.15) is 0 Å². The molecule has 9 heteroatoms. The molecule has 0 spiro atoms. The zero-order valence-electron chi connectivity index (χ0n) is 18.1. The van der Waals surface area contributed by atoms with Crippen LogP contribution in [-0.2, 0) is 16.1 Å². The van der Waals surface area contributed by atoms with Crippen LogP contribution < -0.4 is 15.4 Å². The number of carbonyl (C=O) groups is 2. The molecule has 0 unspecified atom stereocenters. The number of hydrogen-bond acceptors (Lipinski definition) is 7. The molecule has 0 aliphatic rings. The third-order valence-corrected chi connectivity index (χ3v) is 4.78. The first-order valence-corrected chi connectivity index (χ1v) is 10.1. The molecule has 9 nitrogen and oxygen atoms in total. The van der Waals surface area contributed by atoms with Crippen molar-refractivity contribution in [3.05, 3.63) is 94.0 Å². The van der Waals surface area contributed by atoms with Crippen molar-refractivity contribution in [2.75, 3.05) is 17.7 Å². The number of amides is 1. The maximum absolute atomic E-state index is 12.9. The number of methoxy groups -OCH3 is 1. The van der Waals surface area contributed by atoms with Crippen molar-refractivity contribution < 1.29 is 24.0 Å². The Labute approximate surface area is 190 Å². The monoisotopic (exact) mass is 449 g/mol.